The van der Waals surface area contributed by atoms with Crippen LogP contribution >= 0.6 is 0 Å². The Morgan fingerprint density at radius 1 is 1.33 bits per heavy atom. The first kappa shape index (κ1) is 11.7. The molecule has 0 spiro atoms. The lowest BCUT2D eigenvalue weighted by Crippen LogP contribution is -1.97. The number of allylic oxidation sites excluding steroid dienone is 1. The van der Waals surface area contributed by atoms with Crippen molar-refractivity contribution in [3.05, 3.63) is 47.2 Å². The fourth-order valence-corrected chi connectivity index (χ4v) is 1.27. The Balaban J connectivity index is 2.93. The third-order valence-electron chi connectivity index (χ3n) is 2.28. The number of aliphatic hydroxyl groups is 1. The van der Waals surface area contributed by atoms with E-state index >= 15 is 0 Å². The predicted molar refractivity (Wildman–Crippen MR) is 64.2 cm³/mol. The van der Waals surface area contributed by atoms with Crippen LogP contribution in [0.25, 0.3) is 0 Å². The Bertz CT molecular complexity index is 374. The quantitative estimate of drug-likeness (QED) is 0.753. The third-order valence-corrected chi connectivity index (χ3v) is 2.28. The van der Waals surface area contributed by atoms with Crippen molar-refractivity contribution < 1.29 is 5.11 Å². The first-order chi connectivity index (χ1) is 7.17. The topological polar surface area (TPSA) is 32.6 Å². The van der Waals surface area contributed by atoms with Gasteiger partial charge in [-0.1, -0.05) is 35.9 Å². The lowest BCUT2D eigenvalue weighted by atomic mass is 10.1. The molecule has 15 heavy (non-hydrogen) atoms. The van der Waals surface area contributed by atoms with Gasteiger partial charge in [-0.25, -0.2) is 0 Å². The van der Waals surface area contributed by atoms with E-state index in [1.54, 1.807) is 0 Å². The second kappa shape index (κ2) is 5.47. The van der Waals surface area contributed by atoms with Crippen molar-refractivity contribution in [3.8, 4) is 0 Å². The molecule has 0 amide bonds. The number of hydrogen-bond donors (Lipinski definition) is 1. The molecular formula is C13H17NO. The highest BCUT2D eigenvalue weighted by molar-refractivity contribution is 5.99. The van der Waals surface area contributed by atoms with Crippen LogP contribution in [0, 0.1) is 6.92 Å². The number of aryl methyl sites for hydroxylation is 1. The minimum Gasteiger partial charge on any atom is -0.390 e. The molecule has 1 rings (SSSR count). The second-order valence-corrected chi connectivity index (χ2v) is 3.50. The van der Waals surface area contributed by atoms with Gasteiger partial charge in [-0.3, -0.25) is 4.99 Å². The van der Waals surface area contributed by atoms with Gasteiger partial charge in [0.05, 0.1) is 12.3 Å². The zero-order valence-electron chi connectivity index (χ0n) is 9.49. The van der Waals surface area contributed by atoms with Gasteiger partial charge in [-0.2, -0.15) is 0 Å². The monoisotopic (exact) mass is 203 g/mol. The highest BCUT2D eigenvalue weighted by Gasteiger charge is 1.97. The number of rotatable bonds is 3. The summed E-state index contributed by atoms with van der Waals surface area (Å²) in [7, 11) is 0. The zero-order chi connectivity index (χ0) is 11.3. The van der Waals surface area contributed by atoms with E-state index < -0.39 is 0 Å². The number of aliphatic imine (C=N–C) groups is 1. The van der Waals surface area contributed by atoms with E-state index in [0.29, 0.717) is 5.70 Å². The maximum atomic E-state index is 8.99. The summed E-state index contributed by atoms with van der Waals surface area (Å²) in [5.41, 5.74) is 3.96. The number of hydrogen-bond acceptors (Lipinski definition) is 2. The molecule has 0 bridgehead atoms. The van der Waals surface area contributed by atoms with Crippen molar-refractivity contribution in [2.24, 2.45) is 4.99 Å². The van der Waals surface area contributed by atoms with Crippen LogP contribution in [0.15, 0.2) is 41.0 Å². The van der Waals surface area contributed by atoms with E-state index in [9.17, 15) is 0 Å². The van der Waals surface area contributed by atoms with Crippen molar-refractivity contribution in [2.45, 2.75) is 20.8 Å². The molecule has 0 aliphatic rings. The maximum absolute atomic E-state index is 8.99. The average molecular weight is 203 g/mol. The molecule has 0 aliphatic heterocycles. The minimum atomic E-state index is -0.0142. The summed E-state index contributed by atoms with van der Waals surface area (Å²) in [4.78, 5) is 4.34. The fraction of sp³-hybridized carbons (Fsp3) is 0.308. The Labute approximate surface area is 91.0 Å². The Morgan fingerprint density at radius 3 is 2.40 bits per heavy atom. The largest absolute Gasteiger partial charge is 0.390 e. The van der Waals surface area contributed by atoms with Crippen molar-refractivity contribution in [1.82, 2.24) is 0 Å². The predicted octanol–water partition coefficient (Wildman–Crippen LogP) is 2.70. The van der Waals surface area contributed by atoms with E-state index in [1.165, 1.54) is 5.56 Å². The van der Waals surface area contributed by atoms with E-state index in [0.717, 1.165) is 11.3 Å². The summed E-state index contributed by atoms with van der Waals surface area (Å²) < 4.78 is 0. The molecule has 2 nitrogen and oxygen atoms in total. The molecular weight excluding hydrogens is 186 g/mol. The molecule has 0 fully saturated rings. The molecule has 0 saturated heterocycles. The molecule has 2 heteroatoms. The number of aliphatic hydroxyl groups excluding tert-OH is 1. The standard InChI is InChI=1S/C13H17NO/c1-4-13(9-15)14-11(3)12-7-5-10(2)6-8-12/h4-8,15H,9H2,1-3H3/b13-4-,14-11?. The van der Waals surface area contributed by atoms with Gasteiger partial charge in [0.1, 0.15) is 0 Å². The molecule has 0 heterocycles. The van der Waals surface area contributed by atoms with E-state index in [2.05, 4.69) is 24.0 Å². The molecule has 1 N–H and O–H groups in total. The zero-order valence-corrected chi connectivity index (χ0v) is 9.49. The maximum Gasteiger partial charge on any atom is 0.0849 e. The Hall–Kier alpha value is -1.41. The summed E-state index contributed by atoms with van der Waals surface area (Å²) in [6.07, 6.45) is 1.82. The minimum absolute atomic E-state index is 0.0142. The van der Waals surface area contributed by atoms with E-state index in [-0.39, 0.29) is 6.61 Å². The molecule has 0 aliphatic carbocycles. The summed E-state index contributed by atoms with van der Waals surface area (Å²) in [5, 5.41) is 8.99. The first-order valence-electron chi connectivity index (χ1n) is 5.05. The summed E-state index contributed by atoms with van der Waals surface area (Å²) in [5.74, 6) is 0. The summed E-state index contributed by atoms with van der Waals surface area (Å²) >= 11 is 0. The molecule has 0 unspecified atom stereocenters. The van der Waals surface area contributed by atoms with Crippen LogP contribution in [-0.4, -0.2) is 17.4 Å². The average Bonchev–Trinajstić information content (AvgIpc) is 2.26. The fourth-order valence-electron chi connectivity index (χ4n) is 1.27. The molecule has 80 valence electrons. The van der Waals surface area contributed by atoms with Crippen LogP contribution in [-0.2, 0) is 0 Å². The summed E-state index contributed by atoms with van der Waals surface area (Å²) in [6.45, 7) is 5.86. The number of benzene rings is 1. The molecule has 0 saturated carbocycles. The molecule has 0 aromatic heterocycles. The molecule has 0 radical (unpaired) electrons. The van der Waals surface area contributed by atoms with Gasteiger partial charge < -0.3 is 5.11 Å². The van der Waals surface area contributed by atoms with Crippen LogP contribution in [0.2, 0.25) is 0 Å². The highest BCUT2D eigenvalue weighted by atomic mass is 16.3. The van der Waals surface area contributed by atoms with Gasteiger partial charge in [0.2, 0.25) is 0 Å². The van der Waals surface area contributed by atoms with Gasteiger partial charge in [0, 0.05) is 5.71 Å². The lowest BCUT2D eigenvalue weighted by molar-refractivity contribution is 0.330. The number of nitrogens with zero attached hydrogens (tertiary/aromatic N) is 1. The van der Waals surface area contributed by atoms with Crippen LogP contribution in [0.5, 0.6) is 0 Å². The second-order valence-electron chi connectivity index (χ2n) is 3.50. The van der Waals surface area contributed by atoms with Crippen LogP contribution < -0.4 is 0 Å². The van der Waals surface area contributed by atoms with Gasteiger partial charge in [0.25, 0.3) is 0 Å². The Kier molecular flexibility index (Phi) is 4.25. The van der Waals surface area contributed by atoms with Gasteiger partial charge in [-0.15, -0.1) is 0 Å². The van der Waals surface area contributed by atoms with E-state index in [4.69, 9.17) is 5.11 Å². The molecule has 1 aromatic carbocycles. The SMILES string of the molecule is C/C=C(/CO)N=C(C)c1ccc(C)cc1. The van der Waals surface area contributed by atoms with Crippen LogP contribution in [0.3, 0.4) is 0 Å². The van der Waals surface area contributed by atoms with Crippen molar-refractivity contribution >= 4 is 5.71 Å². The van der Waals surface area contributed by atoms with Crippen molar-refractivity contribution in [1.29, 1.82) is 0 Å². The van der Waals surface area contributed by atoms with E-state index in [1.807, 2.05) is 32.1 Å². The molecule has 1 aromatic rings. The lowest BCUT2D eigenvalue weighted by Gasteiger charge is -2.02. The normalized spacial score (nSPS) is 13.1. The van der Waals surface area contributed by atoms with Crippen molar-refractivity contribution in [3.63, 3.8) is 0 Å². The van der Waals surface area contributed by atoms with Gasteiger partial charge in [0.15, 0.2) is 0 Å². The first-order valence-corrected chi connectivity index (χ1v) is 5.05. The van der Waals surface area contributed by atoms with Crippen LogP contribution in [0.1, 0.15) is 25.0 Å². The summed E-state index contributed by atoms with van der Waals surface area (Å²) in [6, 6.07) is 8.20. The van der Waals surface area contributed by atoms with Crippen molar-refractivity contribution in [2.75, 3.05) is 6.61 Å². The highest BCUT2D eigenvalue weighted by Crippen LogP contribution is 2.07. The van der Waals surface area contributed by atoms with Gasteiger partial charge >= 0.3 is 0 Å². The molecule has 0 atom stereocenters. The Morgan fingerprint density at radius 2 is 1.93 bits per heavy atom. The van der Waals surface area contributed by atoms with Gasteiger partial charge in [-0.05, 0) is 26.3 Å². The third kappa shape index (κ3) is 3.33. The van der Waals surface area contributed by atoms with Crippen LogP contribution in [0.4, 0.5) is 0 Å². The smallest absolute Gasteiger partial charge is 0.0849 e.